The first-order valence-corrected chi connectivity index (χ1v) is 5.46. The van der Waals surface area contributed by atoms with Gasteiger partial charge in [-0.05, 0) is 6.07 Å². The third-order valence-corrected chi connectivity index (χ3v) is 2.99. The normalized spacial score (nSPS) is 10.3. The van der Waals surface area contributed by atoms with Crippen LogP contribution in [0.1, 0.15) is 16.1 Å². The highest BCUT2D eigenvalue weighted by atomic mass is 32.1. The van der Waals surface area contributed by atoms with E-state index in [1.54, 1.807) is 12.5 Å². The largest absolute Gasteiger partial charge is 0.476 e. The van der Waals surface area contributed by atoms with Crippen LogP contribution in [0.2, 0.25) is 0 Å². The van der Waals surface area contributed by atoms with E-state index in [-0.39, 0.29) is 5.69 Å². The van der Waals surface area contributed by atoms with Gasteiger partial charge < -0.3 is 14.4 Å². The van der Waals surface area contributed by atoms with Gasteiger partial charge in [0.15, 0.2) is 10.8 Å². The van der Waals surface area contributed by atoms with Crippen LogP contribution in [0.25, 0.3) is 0 Å². The molecule has 16 heavy (non-hydrogen) atoms. The van der Waals surface area contributed by atoms with Crippen LogP contribution in [0.15, 0.2) is 28.4 Å². The Balaban J connectivity index is 2.08. The zero-order chi connectivity index (χ0) is 11.5. The van der Waals surface area contributed by atoms with Crippen molar-refractivity contribution in [2.24, 2.45) is 0 Å². The summed E-state index contributed by atoms with van der Waals surface area (Å²) in [6, 6.07) is 1.86. The van der Waals surface area contributed by atoms with Crippen molar-refractivity contribution in [2.75, 3.05) is 11.9 Å². The first-order chi connectivity index (χ1) is 7.66. The number of anilines is 1. The maximum atomic E-state index is 10.7. The average Bonchev–Trinajstić information content (AvgIpc) is 2.86. The number of carbonyl (C=O) groups is 1. The van der Waals surface area contributed by atoms with E-state index in [9.17, 15) is 4.79 Å². The van der Waals surface area contributed by atoms with Crippen LogP contribution in [0.5, 0.6) is 0 Å². The minimum absolute atomic E-state index is 0.0824. The lowest BCUT2D eigenvalue weighted by molar-refractivity contribution is 0.0691. The monoisotopic (exact) mass is 238 g/mol. The predicted octanol–water partition coefficient (Wildman–Crippen LogP) is 2.07. The SMILES string of the molecule is CN(Cc1ccoc1)c1nc(C(=O)O)cs1. The standard InChI is InChI=1S/C10H10N2O3S/c1-12(4-7-2-3-15-5-7)10-11-8(6-16-10)9(13)14/h2-3,5-6H,4H2,1H3,(H,13,14). The number of carboxylic acid groups (broad SMARTS) is 1. The van der Waals surface area contributed by atoms with Crippen LogP contribution in [-0.4, -0.2) is 23.1 Å². The van der Waals surface area contributed by atoms with E-state index in [1.165, 1.54) is 16.7 Å². The fourth-order valence-electron chi connectivity index (χ4n) is 1.26. The summed E-state index contributed by atoms with van der Waals surface area (Å²) < 4.78 is 4.96. The van der Waals surface area contributed by atoms with Crippen LogP contribution in [0.4, 0.5) is 5.13 Å². The molecule has 5 nitrogen and oxygen atoms in total. The Bertz CT molecular complexity index is 478. The van der Waals surface area contributed by atoms with Crippen molar-refractivity contribution in [3.63, 3.8) is 0 Å². The molecule has 0 saturated heterocycles. The summed E-state index contributed by atoms with van der Waals surface area (Å²) >= 11 is 1.31. The number of hydrogen-bond acceptors (Lipinski definition) is 5. The molecule has 84 valence electrons. The Labute approximate surface area is 96.0 Å². The quantitative estimate of drug-likeness (QED) is 0.883. The highest BCUT2D eigenvalue weighted by Crippen LogP contribution is 2.21. The molecule has 0 aromatic carbocycles. The number of rotatable bonds is 4. The minimum Gasteiger partial charge on any atom is -0.476 e. The number of hydrogen-bond donors (Lipinski definition) is 1. The molecule has 2 heterocycles. The molecule has 0 spiro atoms. The van der Waals surface area contributed by atoms with E-state index in [4.69, 9.17) is 9.52 Å². The second kappa shape index (κ2) is 4.36. The zero-order valence-corrected chi connectivity index (χ0v) is 9.40. The van der Waals surface area contributed by atoms with Crippen LogP contribution < -0.4 is 4.90 Å². The molecule has 0 fully saturated rings. The third kappa shape index (κ3) is 2.22. The molecule has 0 saturated carbocycles. The van der Waals surface area contributed by atoms with Gasteiger partial charge in [-0.15, -0.1) is 11.3 Å². The van der Waals surface area contributed by atoms with E-state index in [2.05, 4.69) is 4.98 Å². The molecule has 0 unspecified atom stereocenters. The van der Waals surface area contributed by atoms with Gasteiger partial charge in [0.2, 0.25) is 0 Å². The van der Waals surface area contributed by atoms with E-state index < -0.39 is 5.97 Å². The molecule has 0 amide bonds. The molecule has 0 aliphatic heterocycles. The number of furan rings is 1. The molecule has 0 radical (unpaired) electrons. The molecule has 0 bridgehead atoms. The van der Waals surface area contributed by atoms with Crippen LogP contribution in [-0.2, 0) is 6.54 Å². The lowest BCUT2D eigenvalue weighted by Gasteiger charge is -2.13. The fraction of sp³-hybridized carbons (Fsp3) is 0.200. The molecule has 0 aliphatic carbocycles. The lowest BCUT2D eigenvalue weighted by Crippen LogP contribution is -2.15. The van der Waals surface area contributed by atoms with Gasteiger partial charge in [-0.3, -0.25) is 0 Å². The van der Waals surface area contributed by atoms with E-state index >= 15 is 0 Å². The van der Waals surface area contributed by atoms with Crippen molar-refractivity contribution in [1.29, 1.82) is 0 Å². The van der Waals surface area contributed by atoms with Crippen molar-refractivity contribution in [2.45, 2.75) is 6.54 Å². The molecule has 6 heteroatoms. The van der Waals surface area contributed by atoms with Gasteiger partial charge in [0.25, 0.3) is 0 Å². The van der Waals surface area contributed by atoms with Gasteiger partial charge in [-0.25, -0.2) is 9.78 Å². The first kappa shape index (κ1) is 10.7. The van der Waals surface area contributed by atoms with Gasteiger partial charge in [0.1, 0.15) is 0 Å². The minimum atomic E-state index is -1.00. The number of aromatic nitrogens is 1. The molecule has 2 rings (SSSR count). The summed E-state index contributed by atoms with van der Waals surface area (Å²) in [6.45, 7) is 0.642. The second-order valence-corrected chi connectivity index (χ2v) is 4.14. The molecule has 2 aromatic heterocycles. The van der Waals surface area contributed by atoms with Gasteiger partial charge in [0, 0.05) is 24.5 Å². The highest BCUT2D eigenvalue weighted by Gasteiger charge is 2.12. The molecule has 0 aliphatic rings. The Morgan fingerprint density at radius 3 is 3.06 bits per heavy atom. The van der Waals surface area contributed by atoms with E-state index in [0.717, 1.165) is 5.56 Å². The second-order valence-electron chi connectivity index (χ2n) is 3.31. The summed E-state index contributed by atoms with van der Waals surface area (Å²) in [6.07, 6.45) is 3.26. The molecular formula is C10H10N2O3S. The molecule has 0 atom stereocenters. The smallest absolute Gasteiger partial charge is 0.355 e. The number of thiazole rings is 1. The maximum Gasteiger partial charge on any atom is 0.355 e. The number of nitrogens with zero attached hydrogens (tertiary/aromatic N) is 2. The van der Waals surface area contributed by atoms with Gasteiger partial charge in [0.05, 0.1) is 12.5 Å². The van der Waals surface area contributed by atoms with Gasteiger partial charge >= 0.3 is 5.97 Å². The van der Waals surface area contributed by atoms with Crippen LogP contribution in [0.3, 0.4) is 0 Å². The number of aromatic carboxylic acids is 1. The maximum absolute atomic E-state index is 10.7. The summed E-state index contributed by atoms with van der Waals surface area (Å²) in [5.74, 6) is -1.00. The molecule has 2 aromatic rings. The Morgan fingerprint density at radius 2 is 2.50 bits per heavy atom. The Kier molecular flexibility index (Phi) is 2.91. The first-order valence-electron chi connectivity index (χ1n) is 4.58. The Morgan fingerprint density at radius 1 is 1.69 bits per heavy atom. The summed E-state index contributed by atoms with van der Waals surface area (Å²) in [5, 5.41) is 11.0. The molecule has 1 N–H and O–H groups in total. The average molecular weight is 238 g/mol. The van der Waals surface area contributed by atoms with Crippen molar-refractivity contribution in [3.8, 4) is 0 Å². The van der Waals surface area contributed by atoms with Crippen molar-refractivity contribution in [1.82, 2.24) is 4.98 Å². The summed E-state index contributed by atoms with van der Waals surface area (Å²) in [5.41, 5.74) is 1.11. The third-order valence-electron chi connectivity index (χ3n) is 2.04. The van der Waals surface area contributed by atoms with Crippen molar-refractivity contribution >= 4 is 22.4 Å². The number of carboxylic acids is 1. The van der Waals surface area contributed by atoms with Gasteiger partial charge in [-0.2, -0.15) is 0 Å². The summed E-state index contributed by atoms with van der Waals surface area (Å²) in [4.78, 5) is 16.5. The summed E-state index contributed by atoms with van der Waals surface area (Å²) in [7, 11) is 1.86. The lowest BCUT2D eigenvalue weighted by atomic mass is 10.3. The van der Waals surface area contributed by atoms with Crippen molar-refractivity contribution < 1.29 is 14.3 Å². The van der Waals surface area contributed by atoms with Crippen LogP contribution in [0, 0.1) is 0 Å². The fourth-order valence-corrected chi connectivity index (χ4v) is 2.03. The van der Waals surface area contributed by atoms with E-state index in [0.29, 0.717) is 11.7 Å². The highest BCUT2D eigenvalue weighted by molar-refractivity contribution is 7.13. The topological polar surface area (TPSA) is 66.6 Å². The predicted molar refractivity (Wildman–Crippen MR) is 59.9 cm³/mol. The van der Waals surface area contributed by atoms with E-state index in [1.807, 2.05) is 18.0 Å². The van der Waals surface area contributed by atoms with Crippen LogP contribution >= 0.6 is 11.3 Å². The zero-order valence-electron chi connectivity index (χ0n) is 8.58. The van der Waals surface area contributed by atoms with Gasteiger partial charge in [-0.1, -0.05) is 0 Å². The van der Waals surface area contributed by atoms with Crippen molar-refractivity contribution in [3.05, 3.63) is 35.2 Å². The Hall–Kier alpha value is -1.82. The molecular weight excluding hydrogens is 228 g/mol.